The lowest BCUT2D eigenvalue weighted by Gasteiger charge is -2.18. The topological polar surface area (TPSA) is 24.9 Å². The molecule has 0 aliphatic rings. The van der Waals surface area contributed by atoms with Crippen LogP contribution in [0.3, 0.4) is 0 Å². The lowest BCUT2D eigenvalue weighted by Crippen LogP contribution is -2.20. The van der Waals surface area contributed by atoms with Crippen molar-refractivity contribution in [2.24, 2.45) is 0 Å². The third-order valence-electron chi connectivity index (χ3n) is 2.95. The SMILES string of the molecule is CNC(Cc1ccc(Br)cc1Cl)c1ncc(Cl)cc1Cl. The summed E-state index contributed by atoms with van der Waals surface area (Å²) in [6.45, 7) is 0. The summed E-state index contributed by atoms with van der Waals surface area (Å²) >= 11 is 21.7. The van der Waals surface area contributed by atoms with E-state index in [0.29, 0.717) is 21.5 Å². The third kappa shape index (κ3) is 3.86. The normalized spacial score (nSPS) is 12.4. The monoisotopic (exact) mass is 392 g/mol. The van der Waals surface area contributed by atoms with Gasteiger partial charge in [-0.2, -0.15) is 0 Å². The summed E-state index contributed by atoms with van der Waals surface area (Å²) < 4.78 is 0.954. The molecule has 2 rings (SSSR count). The van der Waals surface area contributed by atoms with Crippen molar-refractivity contribution in [1.29, 1.82) is 0 Å². The first-order chi connectivity index (χ1) is 9.51. The standard InChI is InChI=1S/C14H12BrCl3N2/c1-19-13(14-12(18)6-10(16)7-20-14)4-8-2-3-9(15)5-11(8)17/h2-3,5-7,13,19H,4H2,1H3. The van der Waals surface area contributed by atoms with Crippen LogP contribution in [0.1, 0.15) is 17.3 Å². The van der Waals surface area contributed by atoms with Gasteiger partial charge in [-0.15, -0.1) is 0 Å². The molecule has 1 heterocycles. The predicted octanol–water partition coefficient (Wildman–Crippen LogP) is 5.31. The van der Waals surface area contributed by atoms with E-state index in [-0.39, 0.29) is 6.04 Å². The molecule has 0 saturated heterocycles. The summed E-state index contributed by atoms with van der Waals surface area (Å²) in [5.74, 6) is 0. The molecule has 0 spiro atoms. The largest absolute Gasteiger partial charge is 0.311 e. The van der Waals surface area contributed by atoms with E-state index in [9.17, 15) is 0 Å². The van der Waals surface area contributed by atoms with Crippen LogP contribution in [-0.2, 0) is 6.42 Å². The third-order valence-corrected chi connectivity index (χ3v) is 4.31. The number of nitrogens with one attached hydrogen (secondary N) is 1. The lowest BCUT2D eigenvalue weighted by molar-refractivity contribution is 0.576. The second-order valence-electron chi connectivity index (χ2n) is 4.30. The van der Waals surface area contributed by atoms with Gasteiger partial charge >= 0.3 is 0 Å². The van der Waals surface area contributed by atoms with Gasteiger partial charge in [-0.05, 0) is 37.2 Å². The number of aromatic nitrogens is 1. The molecule has 0 aliphatic heterocycles. The fraction of sp³-hybridized carbons (Fsp3) is 0.214. The van der Waals surface area contributed by atoms with Gasteiger partial charge in [0.2, 0.25) is 0 Å². The quantitative estimate of drug-likeness (QED) is 0.760. The van der Waals surface area contributed by atoms with Crippen molar-refractivity contribution >= 4 is 50.7 Å². The van der Waals surface area contributed by atoms with Crippen LogP contribution in [0.2, 0.25) is 15.1 Å². The molecule has 0 radical (unpaired) electrons. The molecule has 0 amide bonds. The van der Waals surface area contributed by atoms with E-state index in [2.05, 4.69) is 26.2 Å². The molecule has 1 aromatic heterocycles. The van der Waals surface area contributed by atoms with Gasteiger partial charge in [0.15, 0.2) is 0 Å². The molecular weight excluding hydrogens is 382 g/mol. The van der Waals surface area contributed by atoms with E-state index in [0.717, 1.165) is 15.7 Å². The highest BCUT2D eigenvalue weighted by Gasteiger charge is 2.17. The molecule has 1 atom stereocenters. The second kappa shape index (κ2) is 7.10. The van der Waals surface area contributed by atoms with Gasteiger partial charge in [-0.25, -0.2) is 0 Å². The Morgan fingerprint density at radius 1 is 1.20 bits per heavy atom. The molecule has 0 fully saturated rings. The van der Waals surface area contributed by atoms with Gasteiger partial charge in [0.05, 0.1) is 21.8 Å². The molecule has 0 saturated carbocycles. The van der Waals surface area contributed by atoms with E-state index in [1.807, 2.05) is 25.2 Å². The van der Waals surface area contributed by atoms with Crippen LogP contribution < -0.4 is 5.32 Å². The van der Waals surface area contributed by atoms with Gasteiger partial charge in [-0.1, -0.05) is 56.8 Å². The van der Waals surface area contributed by atoms with Crippen molar-refractivity contribution < 1.29 is 0 Å². The maximum atomic E-state index is 6.25. The summed E-state index contributed by atoms with van der Waals surface area (Å²) in [4.78, 5) is 4.31. The Hall–Kier alpha value is -0.320. The fourth-order valence-electron chi connectivity index (χ4n) is 1.92. The first-order valence-corrected chi connectivity index (χ1v) is 7.86. The Bertz CT molecular complexity index is 619. The van der Waals surface area contributed by atoms with Crippen molar-refractivity contribution in [3.8, 4) is 0 Å². The maximum absolute atomic E-state index is 6.25. The number of likely N-dealkylation sites (N-methyl/N-ethyl adjacent to an activating group) is 1. The van der Waals surface area contributed by atoms with Crippen molar-refractivity contribution in [1.82, 2.24) is 10.3 Å². The fourth-order valence-corrected chi connectivity index (χ4v) is 3.19. The zero-order valence-electron chi connectivity index (χ0n) is 10.6. The minimum absolute atomic E-state index is 0.0292. The summed E-state index contributed by atoms with van der Waals surface area (Å²) in [6, 6.07) is 7.49. The summed E-state index contributed by atoms with van der Waals surface area (Å²) in [7, 11) is 1.87. The van der Waals surface area contributed by atoms with Crippen molar-refractivity contribution in [3.63, 3.8) is 0 Å². The Kier molecular flexibility index (Phi) is 5.70. The Morgan fingerprint density at radius 2 is 1.95 bits per heavy atom. The summed E-state index contributed by atoms with van der Waals surface area (Å²) in [6.07, 6.45) is 2.28. The Labute approximate surface area is 141 Å². The van der Waals surface area contributed by atoms with Crippen LogP contribution in [0.5, 0.6) is 0 Å². The summed E-state index contributed by atoms with van der Waals surface area (Å²) in [5, 5.41) is 4.99. The second-order valence-corrected chi connectivity index (χ2v) is 6.47. The van der Waals surface area contributed by atoms with Crippen LogP contribution in [0.15, 0.2) is 34.9 Å². The number of rotatable bonds is 4. The van der Waals surface area contributed by atoms with Crippen molar-refractivity contribution in [3.05, 3.63) is 61.3 Å². The van der Waals surface area contributed by atoms with E-state index in [1.54, 1.807) is 12.3 Å². The van der Waals surface area contributed by atoms with Crippen LogP contribution in [0, 0.1) is 0 Å². The van der Waals surface area contributed by atoms with Crippen LogP contribution in [0.4, 0.5) is 0 Å². The number of benzene rings is 1. The molecule has 106 valence electrons. The van der Waals surface area contributed by atoms with Crippen molar-refractivity contribution in [2.75, 3.05) is 7.05 Å². The molecule has 1 N–H and O–H groups in total. The average molecular weight is 395 g/mol. The van der Waals surface area contributed by atoms with E-state index >= 15 is 0 Å². The molecule has 0 bridgehead atoms. The Balaban J connectivity index is 2.28. The number of hydrogen-bond acceptors (Lipinski definition) is 2. The first-order valence-electron chi connectivity index (χ1n) is 5.93. The molecule has 20 heavy (non-hydrogen) atoms. The number of hydrogen-bond donors (Lipinski definition) is 1. The zero-order chi connectivity index (χ0) is 14.7. The molecular formula is C14H12BrCl3N2. The number of nitrogens with zero attached hydrogens (tertiary/aromatic N) is 1. The highest BCUT2D eigenvalue weighted by atomic mass is 79.9. The number of halogens is 4. The van der Waals surface area contributed by atoms with Gasteiger partial charge in [0, 0.05) is 15.7 Å². The number of pyridine rings is 1. The van der Waals surface area contributed by atoms with Gasteiger partial charge in [0.1, 0.15) is 0 Å². The van der Waals surface area contributed by atoms with Gasteiger partial charge < -0.3 is 5.32 Å². The van der Waals surface area contributed by atoms with E-state index < -0.39 is 0 Å². The van der Waals surface area contributed by atoms with Crippen molar-refractivity contribution in [2.45, 2.75) is 12.5 Å². The summed E-state index contributed by atoms with van der Waals surface area (Å²) in [5.41, 5.74) is 1.79. The highest BCUT2D eigenvalue weighted by molar-refractivity contribution is 9.10. The van der Waals surface area contributed by atoms with E-state index in [4.69, 9.17) is 34.8 Å². The molecule has 2 nitrogen and oxygen atoms in total. The minimum Gasteiger partial charge on any atom is -0.311 e. The predicted molar refractivity (Wildman–Crippen MR) is 88.9 cm³/mol. The van der Waals surface area contributed by atoms with Crippen LogP contribution in [-0.4, -0.2) is 12.0 Å². The zero-order valence-corrected chi connectivity index (χ0v) is 14.5. The lowest BCUT2D eigenvalue weighted by atomic mass is 10.0. The Morgan fingerprint density at radius 3 is 2.55 bits per heavy atom. The average Bonchev–Trinajstić information content (AvgIpc) is 2.39. The first kappa shape index (κ1) is 16.1. The van der Waals surface area contributed by atoms with E-state index in [1.165, 1.54) is 0 Å². The minimum atomic E-state index is -0.0292. The molecule has 1 aromatic carbocycles. The smallest absolute Gasteiger partial charge is 0.0763 e. The molecule has 6 heteroatoms. The van der Waals surface area contributed by atoms with Crippen LogP contribution in [0.25, 0.3) is 0 Å². The molecule has 1 unspecified atom stereocenters. The highest BCUT2D eigenvalue weighted by Crippen LogP contribution is 2.29. The van der Waals surface area contributed by atoms with Gasteiger partial charge in [0.25, 0.3) is 0 Å². The van der Waals surface area contributed by atoms with Crippen LogP contribution >= 0.6 is 50.7 Å². The molecule has 2 aromatic rings. The maximum Gasteiger partial charge on any atom is 0.0763 e. The van der Waals surface area contributed by atoms with Gasteiger partial charge in [-0.3, -0.25) is 4.98 Å². The molecule has 0 aliphatic carbocycles.